The first-order valence-electron chi connectivity index (χ1n) is 5.81. The van der Waals surface area contributed by atoms with E-state index in [9.17, 15) is 4.79 Å². The quantitative estimate of drug-likeness (QED) is 0.844. The number of amides is 1. The van der Waals surface area contributed by atoms with Crippen LogP contribution in [0.4, 0.5) is 0 Å². The predicted octanol–water partition coefficient (Wildman–Crippen LogP) is 1.75. The van der Waals surface area contributed by atoms with Crippen LogP contribution in [0.5, 0.6) is 0 Å². The third-order valence-corrected chi connectivity index (χ3v) is 3.06. The molecule has 1 amide bonds. The van der Waals surface area contributed by atoms with Crippen LogP contribution in [0.1, 0.15) is 50.4 Å². The van der Waals surface area contributed by atoms with Gasteiger partial charge in [-0.1, -0.05) is 18.5 Å². The Morgan fingerprint density at radius 1 is 1.62 bits per heavy atom. The lowest BCUT2D eigenvalue weighted by Crippen LogP contribution is -2.37. The van der Waals surface area contributed by atoms with Gasteiger partial charge >= 0.3 is 0 Å². The van der Waals surface area contributed by atoms with Gasteiger partial charge in [-0.05, 0) is 19.3 Å². The molecule has 1 saturated carbocycles. The van der Waals surface area contributed by atoms with Gasteiger partial charge in [-0.25, -0.2) is 0 Å². The third kappa shape index (κ3) is 2.23. The number of hydrogen-bond acceptors (Lipinski definition) is 4. The van der Waals surface area contributed by atoms with Gasteiger partial charge in [0, 0.05) is 12.8 Å². The van der Waals surface area contributed by atoms with E-state index in [-0.39, 0.29) is 17.9 Å². The fraction of sp³-hybridized carbons (Fsp3) is 0.727. The summed E-state index contributed by atoms with van der Waals surface area (Å²) in [6.45, 7) is 3.74. The first-order valence-corrected chi connectivity index (χ1v) is 5.81. The lowest BCUT2D eigenvalue weighted by atomic mass is 9.84. The molecule has 1 aliphatic rings. The Labute approximate surface area is 94.6 Å². The third-order valence-electron chi connectivity index (χ3n) is 3.06. The van der Waals surface area contributed by atoms with Crippen molar-refractivity contribution in [2.75, 3.05) is 0 Å². The molecule has 88 valence electrons. The molecule has 2 rings (SSSR count). The number of nitrogens with zero attached hydrogens (tertiary/aromatic N) is 2. The van der Waals surface area contributed by atoms with E-state index in [0.29, 0.717) is 11.7 Å². The molecule has 1 aliphatic carbocycles. The van der Waals surface area contributed by atoms with Crippen molar-refractivity contribution in [3.63, 3.8) is 0 Å². The molecular formula is C11H17N3O2. The molecule has 16 heavy (non-hydrogen) atoms. The van der Waals surface area contributed by atoms with Gasteiger partial charge in [0.05, 0.1) is 6.04 Å². The van der Waals surface area contributed by atoms with Gasteiger partial charge < -0.3 is 9.84 Å². The van der Waals surface area contributed by atoms with Crippen LogP contribution in [0.3, 0.4) is 0 Å². The van der Waals surface area contributed by atoms with Crippen molar-refractivity contribution in [2.45, 2.75) is 45.6 Å². The van der Waals surface area contributed by atoms with E-state index < -0.39 is 0 Å². The fourth-order valence-electron chi connectivity index (χ4n) is 1.77. The molecule has 0 radical (unpaired) electrons. The van der Waals surface area contributed by atoms with Gasteiger partial charge in [0.15, 0.2) is 5.82 Å². The number of carbonyl (C=O) groups excluding carboxylic acids is 1. The van der Waals surface area contributed by atoms with Gasteiger partial charge in [0.25, 0.3) is 0 Å². The summed E-state index contributed by atoms with van der Waals surface area (Å²) < 4.78 is 4.92. The first kappa shape index (κ1) is 11.1. The molecule has 0 aromatic carbocycles. The average Bonchev–Trinajstić information content (AvgIpc) is 2.58. The highest BCUT2D eigenvalue weighted by Crippen LogP contribution is 2.27. The van der Waals surface area contributed by atoms with Gasteiger partial charge in [-0.15, -0.1) is 0 Å². The molecular weight excluding hydrogens is 206 g/mol. The number of rotatable bonds is 4. The van der Waals surface area contributed by atoms with E-state index in [4.69, 9.17) is 4.52 Å². The van der Waals surface area contributed by atoms with Crippen LogP contribution in [0.15, 0.2) is 4.52 Å². The summed E-state index contributed by atoms with van der Waals surface area (Å²) in [5.41, 5.74) is 0. The number of aryl methyl sites for hydroxylation is 1. The zero-order valence-corrected chi connectivity index (χ0v) is 9.69. The Hall–Kier alpha value is -1.39. The minimum atomic E-state index is -0.120. The van der Waals surface area contributed by atoms with E-state index >= 15 is 0 Å². The Kier molecular flexibility index (Phi) is 3.22. The maximum Gasteiger partial charge on any atom is 0.223 e. The highest BCUT2D eigenvalue weighted by atomic mass is 16.5. The van der Waals surface area contributed by atoms with Crippen LogP contribution in [0.2, 0.25) is 0 Å². The smallest absolute Gasteiger partial charge is 0.223 e. The summed E-state index contributed by atoms with van der Waals surface area (Å²) in [4.78, 5) is 15.9. The molecule has 1 atom stereocenters. The monoisotopic (exact) mass is 223 g/mol. The molecule has 1 heterocycles. The number of aromatic nitrogens is 2. The summed E-state index contributed by atoms with van der Waals surface area (Å²) in [6, 6.07) is -0.120. The SMILES string of the molecule is CCC(NC(=O)C1CCC1)c1noc(C)n1. The van der Waals surface area contributed by atoms with Crippen LogP contribution >= 0.6 is 0 Å². The van der Waals surface area contributed by atoms with Crippen molar-refractivity contribution in [3.05, 3.63) is 11.7 Å². The molecule has 1 aromatic heterocycles. The van der Waals surface area contributed by atoms with Crippen molar-refractivity contribution in [2.24, 2.45) is 5.92 Å². The summed E-state index contributed by atoms with van der Waals surface area (Å²) in [7, 11) is 0. The Bertz CT molecular complexity index is 371. The van der Waals surface area contributed by atoms with Crippen molar-refractivity contribution in [1.29, 1.82) is 0 Å². The van der Waals surface area contributed by atoms with Crippen molar-refractivity contribution in [1.82, 2.24) is 15.5 Å². The van der Waals surface area contributed by atoms with E-state index in [1.165, 1.54) is 0 Å². The normalized spacial score (nSPS) is 17.9. The lowest BCUT2D eigenvalue weighted by molar-refractivity contribution is -0.128. The minimum absolute atomic E-state index is 0.120. The van der Waals surface area contributed by atoms with Gasteiger partial charge in [-0.2, -0.15) is 4.98 Å². The van der Waals surface area contributed by atoms with Crippen LogP contribution in [0.25, 0.3) is 0 Å². The first-order chi connectivity index (χ1) is 7.70. The molecule has 5 nitrogen and oxygen atoms in total. The summed E-state index contributed by atoms with van der Waals surface area (Å²) in [5.74, 6) is 1.43. The second kappa shape index (κ2) is 4.63. The van der Waals surface area contributed by atoms with E-state index in [1.807, 2.05) is 6.92 Å². The number of nitrogens with one attached hydrogen (secondary N) is 1. The van der Waals surface area contributed by atoms with Crippen LogP contribution in [-0.2, 0) is 4.79 Å². The van der Waals surface area contributed by atoms with E-state index in [1.54, 1.807) is 6.92 Å². The van der Waals surface area contributed by atoms with Gasteiger partial charge in [0.2, 0.25) is 11.8 Å². The van der Waals surface area contributed by atoms with Gasteiger partial charge in [0.1, 0.15) is 0 Å². The van der Waals surface area contributed by atoms with Gasteiger partial charge in [-0.3, -0.25) is 4.79 Å². The maximum atomic E-state index is 11.8. The zero-order valence-electron chi connectivity index (χ0n) is 9.69. The Morgan fingerprint density at radius 3 is 2.81 bits per heavy atom. The average molecular weight is 223 g/mol. The van der Waals surface area contributed by atoms with Crippen molar-refractivity contribution >= 4 is 5.91 Å². The summed E-state index contributed by atoms with van der Waals surface area (Å²) >= 11 is 0. The Morgan fingerprint density at radius 2 is 2.38 bits per heavy atom. The molecule has 0 aliphatic heterocycles. The van der Waals surface area contributed by atoms with Crippen LogP contribution in [-0.4, -0.2) is 16.0 Å². The number of hydrogen-bond donors (Lipinski definition) is 1. The predicted molar refractivity (Wildman–Crippen MR) is 57.6 cm³/mol. The van der Waals surface area contributed by atoms with Crippen molar-refractivity contribution in [3.8, 4) is 0 Å². The largest absolute Gasteiger partial charge is 0.346 e. The molecule has 1 N–H and O–H groups in total. The molecule has 0 spiro atoms. The van der Waals surface area contributed by atoms with Crippen LogP contribution < -0.4 is 5.32 Å². The van der Waals surface area contributed by atoms with E-state index in [0.717, 1.165) is 25.7 Å². The maximum absolute atomic E-state index is 11.8. The standard InChI is InChI=1S/C11H17N3O2/c1-3-9(10-12-7(2)16-14-10)13-11(15)8-5-4-6-8/h8-9H,3-6H2,1-2H3,(H,13,15). The highest BCUT2D eigenvalue weighted by molar-refractivity contribution is 5.79. The molecule has 0 bridgehead atoms. The van der Waals surface area contributed by atoms with Crippen LogP contribution in [0, 0.1) is 12.8 Å². The van der Waals surface area contributed by atoms with E-state index in [2.05, 4.69) is 15.5 Å². The molecule has 1 unspecified atom stereocenters. The minimum Gasteiger partial charge on any atom is -0.346 e. The summed E-state index contributed by atoms with van der Waals surface area (Å²) in [5, 5.41) is 6.82. The van der Waals surface area contributed by atoms with Crippen molar-refractivity contribution < 1.29 is 9.32 Å². The Balaban J connectivity index is 1.97. The second-order valence-corrected chi connectivity index (χ2v) is 4.27. The topological polar surface area (TPSA) is 68.0 Å². The molecule has 1 fully saturated rings. The highest BCUT2D eigenvalue weighted by Gasteiger charge is 2.28. The molecule has 5 heteroatoms. The zero-order chi connectivity index (χ0) is 11.5. The molecule has 0 saturated heterocycles. The fourth-order valence-corrected chi connectivity index (χ4v) is 1.77. The summed E-state index contributed by atoms with van der Waals surface area (Å²) in [6.07, 6.45) is 3.95. The lowest BCUT2D eigenvalue weighted by Gasteiger charge is -2.26. The number of carbonyl (C=O) groups is 1. The second-order valence-electron chi connectivity index (χ2n) is 4.27. The molecule has 1 aromatic rings.